The Morgan fingerprint density at radius 3 is 2.27 bits per heavy atom. The Balaban J connectivity index is 2.32. The van der Waals surface area contributed by atoms with Crippen LogP contribution in [0.4, 0.5) is 0 Å². The summed E-state index contributed by atoms with van der Waals surface area (Å²) in [4.78, 5) is 0. The predicted molar refractivity (Wildman–Crippen MR) is 70.2 cm³/mol. The lowest BCUT2D eigenvalue weighted by Crippen LogP contribution is -1.98. The zero-order chi connectivity index (χ0) is 10.8. The van der Waals surface area contributed by atoms with Crippen molar-refractivity contribution in [3.63, 3.8) is 0 Å². The van der Waals surface area contributed by atoms with Gasteiger partial charge in [-0.25, -0.2) is 0 Å². The molecule has 4 heteroatoms. The molecule has 0 bridgehead atoms. The molecule has 1 N–H and O–H groups in total. The first-order valence-electron chi connectivity index (χ1n) is 4.33. The second-order valence-corrected chi connectivity index (χ2v) is 5.64. The normalized spacial score (nSPS) is 12.7. The average Bonchev–Trinajstić information content (AvgIpc) is 2.65. The standard InChI is InChI=1S/C11H8Br2OS/c12-8-3-1-7(2-4-8)11(14)9-5-15-6-10(9)13/h1-6,11,14H. The minimum Gasteiger partial charge on any atom is -0.384 e. The first kappa shape index (κ1) is 11.3. The number of benzene rings is 1. The Morgan fingerprint density at radius 2 is 1.73 bits per heavy atom. The number of aliphatic hydroxyl groups is 1. The molecule has 0 aliphatic carbocycles. The number of halogens is 2. The first-order valence-corrected chi connectivity index (χ1v) is 6.86. The molecular formula is C11H8Br2OS. The maximum Gasteiger partial charge on any atom is 0.106 e. The Hall–Kier alpha value is -0.160. The van der Waals surface area contributed by atoms with Crippen molar-refractivity contribution in [2.45, 2.75) is 6.10 Å². The van der Waals surface area contributed by atoms with E-state index in [1.54, 1.807) is 11.3 Å². The second-order valence-electron chi connectivity index (χ2n) is 3.13. The largest absolute Gasteiger partial charge is 0.384 e. The molecule has 1 heterocycles. The predicted octanol–water partition coefficient (Wildman–Crippen LogP) is 4.35. The monoisotopic (exact) mass is 346 g/mol. The van der Waals surface area contributed by atoms with E-state index in [0.29, 0.717) is 0 Å². The quantitative estimate of drug-likeness (QED) is 0.855. The molecule has 0 fully saturated rings. The first-order chi connectivity index (χ1) is 7.18. The number of hydrogen-bond donors (Lipinski definition) is 1. The van der Waals surface area contributed by atoms with Crippen LogP contribution in [-0.4, -0.2) is 5.11 Å². The van der Waals surface area contributed by atoms with Gasteiger partial charge in [-0.15, -0.1) is 0 Å². The summed E-state index contributed by atoms with van der Waals surface area (Å²) in [6.45, 7) is 0. The Bertz CT molecular complexity index is 450. The molecule has 1 nitrogen and oxygen atoms in total. The SMILES string of the molecule is OC(c1ccc(Br)cc1)c1cscc1Br. The summed E-state index contributed by atoms with van der Waals surface area (Å²) in [5.74, 6) is 0. The van der Waals surface area contributed by atoms with E-state index in [0.717, 1.165) is 20.1 Å². The lowest BCUT2D eigenvalue weighted by molar-refractivity contribution is 0.220. The van der Waals surface area contributed by atoms with Crippen LogP contribution in [0.5, 0.6) is 0 Å². The second kappa shape index (κ2) is 4.78. The van der Waals surface area contributed by atoms with E-state index in [2.05, 4.69) is 31.9 Å². The summed E-state index contributed by atoms with van der Waals surface area (Å²) in [5, 5.41) is 14.0. The molecule has 0 spiro atoms. The lowest BCUT2D eigenvalue weighted by Gasteiger charge is -2.10. The molecular weight excluding hydrogens is 340 g/mol. The van der Waals surface area contributed by atoms with Crippen molar-refractivity contribution in [3.8, 4) is 0 Å². The van der Waals surface area contributed by atoms with E-state index in [4.69, 9.17) is 0 Å². The topological polar surface area (TPSA) is 20.2 Å². The third-order valence-corrected chi connectivity index (χ3v) is 4.40. The fourth-order valence-electron chi connectivity index (χ4n) is 1.31. The summed E-state index contributed by atoms with van der Waals surface area (Å²) < 4.78 is 1.98. The number of hydrogen-bond acceptors (Lipinski definition) is 2. The summed E-state index contributed by atoms with van der Waals surface area (Å²) in [6.07, 6.45) is -0.557. The van der Waals surface area contributed by atoms with Crippen LogP contribution in [0.1, 0.15) is 17.2 Å². The van der Waals surface area contributed by atoms with Gasteiger partial charge in [-0.1, -0.05) is 28.1 Å². The molecule has 0 aliphatic rings. The number of rotatable bonds is 2. The fourth-order valence-corrected chi connectivity index (χ4v) is 3.11. The highest BCUT2D eigenvalue weighted by Gasteiger charge is 2.13. The van der Waals surface area contributed by atoms with Crippen LogP contribution in [-0.2, 0) is 0 Å². The van der Waals surface area contributed by atoms with E-state index in [9.17, 15) is 5.11 Å². The van der Waals surface area contributed by atoms with Gasteiger partial charge in [0.2, 0.25) is 0 Å². The van der Waals surface area contributed by atoms with Crippen LogP contribution in [0.2, 0.25) is 0 Å². The van der Waals surface area contributed by atoms with Crippen molar-refractivity contribution in [1.82, 2.24) is 0 Å². The summed E-state index contributed by atoms with van der Waals surface area (Å²) >= 11 is 8.36. The molecule has 0 radical (unpaired) electrons. The van der Waals surface area contributed by atoms with Crippen LogP contribution in [0.3, 0.4) is 0 Å². The van der Waals surface area contributed by atoms with Gasteiger partial charge in [0.25, 0.3) is 0 Å². The van der Waals surface area contributed by atoms with E-state index in [1.807, 2.05) is 35.0 Å². The molecule has 15 heavy (non-hydrogen) atoms. The fraction of sp³-hybridized carbons (Fsp3) is 0.0909. The Kier molecular flexibility index (Phi) is 3.61. The van der Waals surface area contributed by atoms with Crippen molar-refractivity contribution < 1.29 is 5.11 Å². The third-order valence-electron chi connectivity index (χ3n) is 2.12. The Labute approximate surface area is 109 Å². The van der Waals surface area contributed by atoms with Gasteiger partial charge in [0.1, 0.15) is 6.10 Å². The van der Waals surface area contributed by atoms with Crippen molar-refractivity contribution >= 4 is 43.2 Å². The van der Waals surface area contributed by atoms with Crippen molar-refractivity contribution in [1.29, 1.82) is 0 Å². The molecule has 0 saturated carbocycles. The zero-order valence-electron chi connectivity index (χ0n) is 7.65. The van der Waals surface area contributed by atoms with Gasteiger partial charge in [-0.3, -0.25) is 0 Å². The van der Waals surface area contributed by atoms with Gasteiger partial charge in [0.15, 0.2) is 0 Å². The van der Waals surface area contributed by atoms with Gasteiger partial charge in [-0.2, -0.15) is 11.3 Å². The van der Waals surface area contributed by atoms with Crippen LogP contribution in [0.25, 0.3) is 0 Å². The van der Waals surface area contributed by atoms with Gasteiger partial charge in [0.05, 0.1) is 0 Å². The van der Waals surface area contributed by atoms with Gasteiger partial charge < -0.3 is 5.11 Å². The molecule has 0 saturated heterocycles. The minimum atomic E-state index is -0.557. The summed E-state index contributed by atoms with van der Waals surface area (Å²) in [7, 11) is 0. The Morgan fingerprint density at radius 1 is 1.07 bits per heavy atom. The number of thiophene rings is 1. The molecule has 1 atom stereocenters. The molecule has 1 aromatic carbocycles. The third kappa shape index (κ3) is 2.50. The molecule has 0 amide bonds. The van der Waals surface area contributed by atoms with Crippen LogP contribution in [0.15, 0.2) is 44.0 Å². The van der Waals surface area contributed by atoms with E-state index in [-0.39, 0.29) is 0 Å². The maximum absolute atomic E-state index is 10.1. The van der Waals surface area contributed by atoms with Gasteiger partial charge in [0, 0.05) is 19.9 Å². The smallest absolute Gasteiger partial charge is 0.106 e. The van der Waals surface area contributed by atoms with Crippen molar-refractivity contribution in [2.24, 2.45) is 0 Å². The summed E-state index contributed by atoms with van der Waals surface area (Å²) in [6, 6.07) is 7.69. The highest BCUT2D eigenvalue weighted by molar-refractivity contribution is 9.10. The van der Waals surface area contributed by atoms with E-state index in [1.165, 1.54) is 0 Å². The van der Waals surface area contributed by atoms with E-state index < -0.39 is 6.10 Å². The zero-order valence-corrected chi connectivity index (χ0v) is 11.6. The molecule has 1 aromatic heterocycles. The average molecular weight is 348 g/mol. The molecule has 78 valence electrons. The highest BCUT2D eigenvalue weighted by atomic mass is 79.9. The van der Waals surface area contributed by atoms with Crippen LogP contribution in [0, 0.1) is 0 Å². The minimum absolute atomic E-state index is 0.557. The molecule has 2 rings (SSSR count). The molecule has 1 unspecified atom stereocenters. The molecule has 0 aliphatic heterocycles. The molecule has 2 aromatic rings. The van der Waals surface area contributed by atoms with Crippen LogP contribution >= 0.6 is 43.2 Å². The van der Waals surface area contributed by atoms with Gasteiger partial charge >= 0.3 is 0 Å². The van der Waals surface area contributed by atoms with Crippen molar-refractivity contribution in [2.75, 3.05) is 0 Å². The van der Waals surface area contributed by atoms with Crippen molar-refractivity contribution in [3.05, 3.63) is 55.1 Å². The van der Waals surface area contributed by atoms with E-state index >= 15 is 0 Å². The number of aliphatic hydroxyl groups excluding tert-OH is 1. The lowest BCUT2D eigenvalue weighted by atomic mass is 10.1. The maximum atomic E-state index is 10.1. The van der Waals surface area contributed by atoms with Gasteiger partial charge in [-0.05, 0) is 39.0 Å². The van der Waals surface area contributed by atoms with Crippen LogP contribution < -0.4 is 0 Å². The highest BCUT2D eigenvalue weighted by Crippen LogP contribution is 2.31. The summed E-state index contributed by atoms with van der Waals surface area (Å²) in [5.41, 5.74) is 1.82.